The minimum Gasteiger partial charge on any atom is -0.448 e. The van der Waals surface area contributed by atoms with Crippen molar-refractivity contribution in [1.82, 2.24) is 20.2 Å². The van der Waals surface area contributed by atoms with E-state index in [9.17, 15) is 18.4 Å². The highest BCUT2D eigenvalue weighted by atomic mass is 19.1. The number of aromatic nitrogens is 2. The lowest BCUT2D eigenvalue weighted by atomic mass is 10.0. The van der Waals surface area contributed by atoms with Gasteiger partial charge in [-0.25, -0.2) is 14.4 Å². The summed E-state index contributed by atoms with van der Waals surface area (Å²) in [5, 5.41) is 2.89. The monoisotopic (exact) mass is 480 g/mol. The van der Waals surface area contributed by atoms with Crippen molar-refractivity contribution in [3.63, 3.8) is 0 Å². The van der Waals surface area contributed by atoms with Crippen LogP contribution in [0, 0.1) is 12.9 Å². The first-order valence-electron chi connectivity index (χ1n) is 11.7. The second kappa shape index (κ2) is 9.56. The summed E-state index contributed by atoms with van der Waals surface area (Å²) >= 11 is 0. The van der Waals surface area contributed by atoms with E-state index in [-0.39, 0.29) is 31.2 Å². The number of hydrogen-bond acceptors (Lipinski definition) is 5. The molecule has 1 aliphatic carbocycles. The van der Waals surface area contributed by atoms with Gasteiger partial charge in [-0.3, -0.25) is 9.59 Å². The number of benzene rings is 1. The van der Waals surface area contributed by atoms with Crippen LogP contribution in [0.2, 0.25) is 0 Å². The fourth-order valence-electron chi connectivity index (χ4n) is 4.55. The summed E-state index contributed by atoms with van der Waals surface area (Å²) in [5.74, 6) is -1.09. The van der Waals surface area contributed by atoms with Crippen molar-refractivity contribution in [3.8, 4) is 0 Å². The second-order valence-corrected chi connectivity index (χ2v) is 9.20. The van der Waals surface area contributed by atoms with E-state index in [1.807, 2.05) is 18.2 Å². The average molecular weight is 481 g/mol. The van der Waals surface area contributed by atoms with Crippen LogP contribution in [0.3, 0.4) is 0 Å². The highest BCUT2D eigenvalue weighted by Crippen LogP contribution is 2.41. The summed E-state index contributed by atoms with van der Waals surface area (Å²) < 4.78 is 34.4. The fourth-order valence-corrected chi connectivity index (χ4v) is 4.55. The van der Waals surface area contributed by atoms with Crippen LogP contribution < -0.4 is 5.32 Å². The molecular formula is C26H26F2N4O3. The maximum Gasteiger partial charge on any atom is 0.243 e. The summed E-state index contributed by atoms with van der Waals surface area (Å²) in [7, 11) is 0. The molecule has 1 saturated heterocycles. The Bertz CT molecular complexity index is 1230. The van der Waals surface area contributed by atoms with Crippen LogP contribution in [-0.2, 0) is 16.0 Å². The van der Waals surface area contributed by atoms with Crippen molar-refractivity contribution in [2.75, 3.05) is 6.54 Å². The van der Waals surface area contributed by atoms with Crippen molar-refractivity contribution in [1.29, 1.82) is 0 Å². The molecule has 9 heteroatoms. The van der Waals surface area contributed by atoms with Gasteiger partial charge in [0.05, 0.1) is 24.0 Å². The predicted molar refractivity (Wildman–Crippen MR) is 123 cm³/mol. The van der Waals surface area contributed by atoms with E-state index in [1.165, 1.54) is 11.2 Å². The summed E-state index contributed by atoms with van der Waals surface area (Å²) in [5.41, 5.74) is 2.26. The van der Waals surface area contributed by atoms with Crippen LogP contribution in [0.5, 0.6) is 0 Å². The maximum atomic E-state index is 14.7. The SMILES string of the molecule is Cc1coc(CC(=O)N2CC(F)CC2C(=O)NC(c2ccccc2)c2ccc(C3CC3)c(F)n2)n1. The molecule has 0 radical (unpaired) electrons. The fraction of sp³-hybridized carbons (Fsp3) is 0.385. The zero-order valence-electron chi connectivity index (χ0n) is 19.3. The van der Waals surface area contributed by atoms with E-state index in [0.29, 0.717) is 22.5 Å². The average Bonchev–Trinajstić information content (AvgIpc) is 3.49. The van der Waals surface area contributed by atoms with Crippen LogP contribution in [0.1, 0.15) is 59.6 Å². The number of carbonyl (C=O) groups is 2. The zero-order chi connectivity index (χ0) is 24.5. The van der Waals surface area contributed by atoms with Crippen molar-refractivity contribution >= 4 is 11.8 Å². The molecule has 1 aliphatic heterocycles. The number of alkyl halides is 1. The first-order valence-corrected chi connectivity index (χ1v) is 11.7. The molecule has 0 spiro atoms. The van der Waals surface area contributed by atoms with E-state index in [2.05, 4.69) is 15.3 Å². The molecule has 2 fully saturated rings. The van der Waals surface area contributed by atoms with E-state index in [0.717, 1.165) is 12.8 Å². The highest BCUT2D eigenvalue weighted by molar-refractivity contribution is 5.89. The zero-order valence-corrected chi connectivity index (χ0v) is 19.3. The summed E-state index contributed by atoms with van der Waals surface area (Å²) in [6.07, 6.45) is 1.71. The van der Waals surface area contributed by atoms with Crippen LogP contribution >= 0.6 is 0 Å². The lowest BCUT2D eigenvalue weighted by Gasteiger charge is -2.26. The number of rotatable bonds is 7. The molecule has 182 valence electrons. The topological polar surface area (TPSA) is 88.3 Å². The molecule has 1 saturated carbocycles. The molecule has 3 aromatic rings. The van der Waals surface area contributed by atoms with E-state index < -0.39 is 36.0 Å². The normalized spacial score (nSPS) is 20.6. The first kappa shape index (κ1) is 23.1. The number of amides is 2. The van der Waals surface area contributed by atoms with Gasteiger partial charge in [0.1, 0.15) is 24.9 Å². The molecular weight excluding hydrogens is 454 g/mol. The van der Waals surface area contributed by atoms with Crippen molar-refractivity contribution < 1.29 is 22.8 Å². The molecule has 1 aromatic carbocycles. The lowest BCUT2D eigenvalue weighted by Crippen LogP contribution is -2.47. The number of oxazole rings is 1. The minimum atomic E-state index is -1.33. The lowest BCUT2D eigenvalue weighted by molar-refractivity contribution is -0.138. The standard InChI is InChI=1S/C26H26F2N4O3/c1-15-14-35-22(29-15)12-23(33)32-13-18(27)11-21(32)26(34)31-24(17-5-3-2-4-6-17)20-10-9-19(16-7-8-16)25(28)30-20/h2-6,9-10,14,16,18,21,24H,7-8,11-13H2,1H3,(H,31,34). The van der Waals surface area contributed by atoms with Crippen molar-refractivity contribution in [3.05, 3.63) is 83.1 Å². The number of nitrogens with one attached hydrogen (secondary N) is 1. The van der Waals surface area contributed by atoms with Crippen LogP contribution in [0.4, 0.5) is 8.78 Å². The third-order valence-electron chi connectivity index (χ3n) is 6.47. The van der Waals surface area contributed by atoms with Gasteiger partial charge in [0, 0.05) is 12.0 Å². The Labute approximate surface area is 201 Å². The number of aryl methyl sites for hydroxylation is 1. The number of carbonyl (C=O) groups excluding carboxylic acids is 2. The van der Waals surface area contributed by atoms with Gasteiger partial charge in [-0.15, -0.1) is 0 Å². The smallest absolute Gasteiger partial charge is 0.243 e. The molecule has 7 nitrogen and oxygen atoms in total. The largest absolute Gasteiger partial charge is 0.448 e. The predicted octanol–water partition coefficient (Wildman–Crippen LogP) is 3.78. The summed E-state index contributed by atoms with van der Waals surface area (Å²) in [4.78, 5) is 35.7. The molecule has 0 bridgehead atoms. The van der Waals surface area contributed by atoms with E-state index in [1.54, 1.807) is 31.2 Å². The Morgan fingerprint density at radius 3 is 2.60 bits per heavy atom. The number of halogens is 2. The third kappa shape index (κ3) is 5.08. The molecule has 2 aromatic heterocycles. The molecule has 3 heterocycles. The van der Waals surface area contributed by atoms with Gasteiger partial charge in [-0.05, 0) is 37.3 Å². The number of likely N-dealkylation sites (tertiary alicyclic amines) is 1. The molecule has 2 aliphatic rings. The molecule has 3 atom stereocenters. The van der Waals surface area contributed by atoms with E-state index in [4.69, 9.17) is 4.42 Å². The Morgan fingerprint density at radius 1 is 1.17 bits per heavy atom. The summed E-state index contributed by atoms with van der Waals surface area (Å²) in [6, 6.07) is 10.7. The van der Waals surface area contributed by atoms with Gasteiger partial charge in [0.2, 0.25) is 23.7 Å². The molecule has 1 N–H and O–H groups in total. The van der Waals surface area contributed by atoms with Crippen LogP contribution in [-0.4, -0.2) is 45.4 Å². The Hall–Kier alpha value is -3.62. The van der Waals surface area contributed by atoms with Gasteiger partial charge in [0.15, 0.2) is 0 Å². The van der Waals surface area contributed by atoms with Crippen molar-refractivity contribution in [2.45, 2.75) is 56.8 Å². The Balaban J connectivity index is 1.38. The van der Waals surface area contributed by atoms with Gasteiger partial charge >= 0.3 is 0 Å². The van der Waals surface area contributed by atoms with Crippen LogP contribution in [0.25, 0.3) is 0 Å². The van der Waals surface area contributed by atoms with Gasteiger partial charge < -0.3 is 14.6 Å². The number of nitrogens with zero attached hydrogens (tertiary/aromatic N) is 3. The van der Waals surface area contributed by atoms with Gasteiger partial charge in [-0.1, -0.05) is 36.4 Å². The molecule has 3 unspecified atom stereocenters. The maximum absolute atomic E-state index is 14.7. The molecule has 35 heavy (non-hydrogen) atoms. The molecule has 5 rings (SSSR count). The molecule has 2 amide bonds. The number of pyridine rings is 1. The highest BCUT2D eigenvalue weighted by Gasteiger charge is 2.41. The van der Waals surface area contributed by atoms with Crippen molar-refractivity contribution in [2.24, 2.45) is 0 Å². The Morgan fingerprint density at radius 2 is 1.94 bits per heavy atom. The van der Waals surface area contributed by atoms with E-state index >= 15 is 0 Å². The first-order chi connectivity index (χ1) is 16.9. The third-order valence-corrected chi connectivity index (χ3v) is 6.47. The minimum absolute atomic E-state index is 0.119. The number of hydrogen-bond donors (Lipinski definition) is 1. The van der Waals surface area contributed by atoms with Crippen LogP contribution in [0.15, 0.2) is 53.1 Å². The second-order valence-electron chi connectivity index (χ2n) is 9.20. The Kier molecular flexibility index (Phi) is 6.32. The van der Waals surface area contributed by atoms with Gasteiger partial charge in [0.25, 0.3) is 0 Å². The quantitative estimate of drug-likeness (QED) is 0.520. The van der Waals surface area contributed by atoms with Gasteiger partial charge in [-0.2, -0.15) is 4.39 Å². The summed E-state index contributed by atoms with van der Waals surface area (Å²) in [6.45, 7) is 1.55.